The largest absolute Gasteiger partial charge is 0.366 e. The van der Waals surface area contributed by atoms with E-state index in [1.807, 2.05) is 30.5 Å². The van der Waals surface area contributed by atoms with Crippen LogP contribution in [0.1, 0.15) is 51.0 Å². The Bertz CT molecular complexity index is 959. The Hall–Kier alpha value is -2.77. The first-order chi connectivity index (χ1) is 13.3. The molecule has 0 spiro atoms. The molecule has 0 atom stereocenters. The predicted octanol–water partition coefficient (Wildman–Crippen LogP) is 2.91. The number of aromatic nitrogens is 6. The fourth-order valence-electron chi connectivity index (χ4n) is 3.66. The smallest absolute Gasteiger partial charge is 0.178 e. The highest BCUT2D eigenvalue weighted by molar-refractivity contribution is 5.46. The number of aryl methyl sites for hydroxylation is 2. The predicted molar refractivity (Wildman–Crippen MR) is 110 cm³/mol. The second-order valence-electron chi connectivity index (χ2n) is 8.58. The van der Waals surface area contributed by atoms with Gasteiger partial charge in [-0.3, -0.25) is 0 Å². The molecule has 28 heavy (non-hydrogen) atoms. The number of hydrogen-bond donors (Lipinski definition) is 1. The molecule has 148 valence electrons. The van der Waals surface area contributed by atoms with Crippen molar-refractivity contribution in [3.63, 3.8) is 0 Å². The molecule has 0 bridgehead atoms. The van der Waals surface area contributed by atoms with Crippen LogP contribution < -0.4 is 10.2 Å². The molecule has 0 radical (unpaired) electrons. The Morgan fingerprint density at radius 1 is 1.04 bits per heavy atom. The van der Waals surface area contributed by atoms with Crippen molar-refractivity contribution in [1.29, 1.82) is 0 Å². The summed E-state index contributed by atoms with van der Waals surface area (Å²) in [5, 5.41) is 16.9. The lowest BCUT2D eigenvalue weighted by Gasteiger charge is -2.33. The lowest BCUT2D eigenvalue weighted by atomic mass is 9.96. The first-order valence-corrected chi connectivity index (χ1v) is 9.86. The first-order valence-electron chi connectivity index (χ1n) is 9.86. The maximum Gasteiger partial charge on any atom is 0.178 e. The van der Waals surface area contributed by atoms with Crippen LogP contribution in [-0.2, 0) is 5.41 Å². The van der Waals surface area contributed by atoms with Gasteiger partial charge in [0.1, 0.15) is 17.5 Å². The Morgan fingerprint density at radius 3 is 2.46 bits per heavy atom. The van der Waals surface area contributed by atoms with Crippen molar-refractivity contribution in [3.05, 3.63) is 35.5 Å². The van der Waals surface area contributed by atoms with Gasteiger partial charge in [-0.15, -0.1) is 15.3 Å². The van der Waals surface area contributed by atoms with E-state index in [9.17, 15) is 0 Å². The van der Waals surface area contributed by atoms with Crippen molar-refractivity contribution < 1.29 is 0 Å². The summed E-state index contributed by atoms with van der Waals surface area (Å²) in [6, 6.07) is 6.41. The monoisotopic (exact) mass is 380 g/mol. The number of hydrogen-bond acceptors (Lipinski definition) is 7. The van der Waals surface area contributed by atoms with Gasteiger partial charge in [0, 0.05) is 36.3 Å². The third-order valence-electron chi connectivity index (χ3n) is 5.06. The highest BCUT2D eigenvalue weighted by atomic mass is 15.4. The minimum Gasteiger partial charge on any atom is -0.366 e. The molecule has 0 aromatic carbocycles. The van der Waals surface area contributed by atoms with Gasteiger partial charge in [0.2, 0.25) is 0 Å². The summed E-state index contributed by atoms with van der Waals surface area (Å²) in [5.41, 5.74) is 1.69. The van der Waals surface area contributed by atoms with E-state index in [2.05, 4.69) is 57.2 Å². The lowest BCUT2D eigenvalue weighted by molar-refractivity contribution is 0.515. The van der Waals surface area contributed by atoms with E-state index in [0.717, 1.165) is 60.6 Å². The molecular formula is C20H28N8. The minimum atomic E-state index is -0.107. The van der Waals surface area contributed by atoms with E-state index in [1.54, 1.807) is 0 Å². The van der Waals surface area contributed by atoms with E-state index in [-0.39, 0.29) is 5.41 Å². The van der Waals surface area contributed by atoms with Crippen molar-refractivity contribution in [2.45, 2.75) is 58.9 Å². The summed E-state index contributed by atoms with van der Waals surface area (Å²) in [6.45, 7) is 12.3. The minimum absolute atomic E-state index is 0.107. The van der Waals surface area contributed by atoms with Gasteiger partial charge in [-0.05, 0) is 38.8 Å². The van der Waals surface area contributed by atoms with E-state index in [1.165, 1.54) is 0 Å². The van der Waals surface area contributed by atoms with Crippen LogP contribution in [0, 0.1) is 13.8 Å². The van der Waals surface area contributed by atoms with Crippen LogP contribution in [0.4, 0.5) is 11.6 Å². The van der Waals surface area contributed by atoms with Gasteiger partial charge in [-0.2, -0.15) is 4.52 Å². The zero-order valence-electron chi connectivity index (χ0n) is 17.3. The highest BCUT2D eigenvalue weighted by Crippen LogP contribution is 2.23. The molecule has 0 aliphatic carbocycles. The Labute approximate surface area is 165 Å². The van der Waals surface area contributed by atoms with Gasteiger partial charge in [0.05, 0.1) is 0 Å². The molecule has 1 aliphatic heterocycles. The van der Waals surface area contributed by atoms with Crippen LogP contribution in [0.5, 0.6) is 0 Å². The molecular weight excluding hydrogens is 352 g/mol. The summed E-state index contributed by atoms with van der Waals surface area (Å²) in [4.78, 5) is 11.3. The molecule has 0 amide bonds. The zero-order valence-corrected chi connectivity index (χ0v) is 17.3. The van der Waals surface area contributed by atoms with Crippen LogP contribution in [0.3, 0.4) is 0 Å². The van der Waals surface area contributed by atoms with Crippen LogP contribution in [0.2, 0.25) is 0 Å². The molecule has 1 aliphatic rings. The Balaban J connectivity index is 1.45. The summed E-state index contributed by atoms with van der Waals surface area (Å²) in [5.74, 6) is 3.60. The average Bonchev–Trinajstić information content (AvgIpc) is 3.05. The molecule has 3 aromatic heterocycles. The normalized spacial score (nSPS) is 16.0. The maximum absolute atomic E-state index is 4.74. The second kappa shape index (κ2) is 7.00. The van der Waals surface area contributed by atoms with Crippen molar-refractivity contribution in [1.82, 2.24) is 29.8 Å². The fraction of sp³-hybridized carbons (Fsp3) is 0.550. The molecule has 3 aromatic rings. The Kier molecular flexibility index (Phi) is 4.64. The van der Waals surface area contributed by atoms with Gasteiger partial charge < -0.3 is 10.2 Å². The van der Waals surface area contributed by atoms with Gasteiger partial charge in [0.15, 0.2) is 11.5 Å². The molecule has 1 saturated heterocycles. The number of piperidine rings is 1. The summed E-state index contributed by atoms with van der Waals surface area (Å²) < 4.78 is 1.85. The lowest BCUT2D eigenvalue weighted by Crippen LogP contribution is -2.39. The number of anilines is 2. The van der Waals surface area contributed by atoms with E-state index < -0.39 is 0 Å². The van der Waals surface area contributed by atoms with Crippen molar-refractivity contribution in [3.8, 4) is 0 Å². The maximum atomic E-state index is 4.74. The standard InChI is InChI=1S/C20H28N8/c1-13-12-18(22-14(2)21-13)27-10-8-15(9-11-27)23-16-6-7-17-24-25-19(20(3,4)5)28(17)26-16/h6-7,12,15H,8-11H2,1-5H3,(H,23,26). The molecule has 8 heteroatoms. The van der Waals surface area contributed by atoms with E-state index in [4.69, 9.17) is 5.10 Å². The van der Waals surface area contributed by atoms with Crippen molar-refractivity contribution in [2.24, 2.45) is 0 Å². The zero-order chi connectivity index (χ0) is 19.9. The SMILES string of the molecule is Cc1cc(N2CCC(Nc3ccc4nnc(C(C)(C)C)n4n3)CC2)nc(C)n1. The molecule has 1 fully saturated rings. The molecule has 0 unspecified atom stereocenters. The van der Waals surface area contributed by atoms with Gasteiger partial charge >= 0.3 is 0 Å². The number of fused-ring (bicyclic) bond motifs is 1. The topological polar surface area (TPSA) is 84.1 Å². The van der Waals surface area contributed by atoms with Crippen LogP contribution >= 0.6 is 0 Å². The molecule has 8 nitrogen and oxygen atoms in total. The van der Waals surface area contributed by atoms with Crippen LogP contribution in [0.15, 0.2) is 18.2 Å². The summed E-state index contributed by atoms with van der Waals surface area (Å²) >= 11 is 0. The van der Waals surface area contributed by atoms with Crippen LogP contribution in [0.25, 0.3) is 5.65 Å². The van der Waals surface area contributed by atoms with Gasteiger partial charge in [-0.25, -0.2) is 9.97 Å². The molecule has 1 N–H and O–H groups in total. The van der Waals surface area contributed by atoms with Crippen molar-refractivity contribution in [2.75, 3.05) is 23.3 Å². The first kappa shape index (κ1) is 18.6. The highest BCUT2D eigenvalue weighted by Gasteiger charge is 2.23. The second-order valence-corrected chi connectivity index (χ2v) is 8.58. The van der Waals surface area contributed by atoms with E-state index in [0.29, 0.717) is 6.04 Å². The van der Waals surface area contributed by atoms with Crippen LogP contribution in [-0.4, -0.2) is 48.9 Å². The van der Waals surface area contributed by atoms with E-state index >= 15 is 0 Å². The van der Waals surface area contributed by atoms with Gasteiger partial charge in [0.25, 0.3) is 0 Å². The number of nitrogens with one attached hydrogen (secondary N) is 1. The quantitative estimate of drug-likeness (QED) is 0.748. The number of nitrogens with zero attached hydrogens (tertiary/aromatic N) is 7. The Morgan fingerprint density at radius 2 is 1.79 bits per heavy atom. The van der Waals surface area contributed by atoms with Gasteiger partial charge in [-0.1, -0.05) is 20.8 Å². The molecule has 4 heterocycles. The molecule has 4 rings (SSSR count). The molecule has 0 saturated carbocycles. The third kappa shape index (κ3) is 3.76. The summed E-state index contributed by atoms with van der Waals surface area (Å²) in [6.07, 6.45) is 2.08. The third-order valence-corrected chi connectivity index (χ3v) is 5.06. The fourth-order valence-corrected chi connectivity index (χ4v) is 3.66. The summed E-state index contributed by atoms with van der Waals surface area (Å²) in [7, 11) is 0. The number of rotatable bonds is 3. The average molecular weight is 381 g/mol. The van der Waals surface area contributed by atoms with Crippen molar-refractivity contribution >= 4 is 17.3 Å².